The molecule has 0 aromatic heterocycles. The molecule has 0 aliphatic carbocycles. The standard InChI is InChI=1S/C14H14ClFN2O2S/c1-8-6-7-9(2)14(13(8)17)21(19,20)18-11-5-3-4-10(15)12(11)16/h3-7,18H,17H2,1-2H3. The molecule has 0 fully saturated rings. The molecule has 2 aromatic rings. The first-order valence-electron chi connectivity index (χ1n) is 6.06. The summed E-state index contributed by atoms with van der Waals surface area (Å²) in [6.07, 6.45) is 0. The molecule has 3 N–H and O–H groups in total. The van der Waals surface area contributed by atoms with Gasteiger partial charge in [0.1, 0.15) is 4.90 Å². The van der Waals surface area contributed by atoms with Crippen molar-refractivity contribution in [2.45, 2.75) is 18.7 Å². The summed E-state index contributed by atoms with van der Waals surface area (Å²) >= 11 is 5.64. The van der Waals surface area contributed by atoms with E-state index in [1.54, 1.807) is 26.0 Å². The van der Waals surface area contributed by atoms with Crippen LogP contribution in [0.4, 0.5) is 15.8 Å². The Kier molecular flexibility index (Phi) is 4.11. The van der Waals surface area contributed by atoms with Gasteiger partial charge in [0.05, 0.1) is 16.4 Å². The second-order valence-electron chi connectivity index (χ2n) is 4.65. The lowest BCUT2D eigenvalue weighted by atomic mass is 10.1. The van der Waals surface area contributed by atoms with Gasteiger partial charge in [0.2, 0.25) is 0 Å². The molecule has 0 radical (unpaired) electrons. The maximum Gasteiger partial charge on any atom is 0.264 e. The van der Waals surface area contributed by atoms with Gasteiger partial charge in [-0.15, -0.1) is 0 Å². The summed E-state index contributed by atoms with van der Waals surface area (Å²) in [5.41, 5.74) is 6.89. The third kappa shape index (κ3) is 2.96. The molecule has 4 nitrogen and oxygen atoms in total. The van der Waals surface area contributed by atoms with Crippen molar-refractivity contribution in [1.29, 1.82) is 0 Å². The van der Waals surface area contributed by atoms with E-state index < -0.39 is 15.8 Å². The zero-order valence-corrected chi connectivity index (χ0v) is 13.0. The highest BCUT2D eigenvalue weighted by Crippen LogP contribution is 2.29. The molecule has 112 valence electrons. The molecule has 0 saturated carbocycles. The number of aryl methyl sites for hydroxylation is 2. The van der Waals surface area contributed by atoms with Crippen LogP contribution >= 0.6 is 11.6 Å². The average Bonchev–Trinajstić information content (AvgIpc) is 2.39. The highest BCUT2D eigenvalue weighted by molar-refractivity contribution is 7.93. The first-order chi connectivity index (χ1) is 9.74. The van der Waals surface area contributed by atoms with E-state index in [2.05, 4.69) is 4.72 Å². The zero-order chi connectivity index (χ0) is 15.8. The fraction of sp³-hybridized carbons (Fsp3) is 0.143. The lowest BCUT2D eigenvalue weighted by Crippen LogP contribution is -2.17. The Bertz CT molecular complexity index is 807. The van der Waals surface area contributed by atoms with Crippen molar-refractivity contribution in [3.63, 3.8) is 0 Å². The molecule has 0 spiro atoms. The third-order valence-corrected chi connectivity index (χ3v) is 4.94. The number of nitrogens with one attached hydrogen (secondary N) is 1. The third-order valence-electron chi connectivity index (χ3n) is 3.08. The van der Waals surface area contributed by atoms with Crippen LogP contribution < -0.4 is 10.5 Å². The minimum Gasteiger partial charge on any atom is -0.397 e. The van der Waals surface area contributed by atoms with E-state index in [1.165, 1.54) is 18.2 Å². The lowest BCUT2D eigenvalue weighted by molar-refractivity contribution is 0.598. The van der Waals surface area contributed by atoms with Gasteiger partial charge >= 0.3 is 0 Å². The maximum atomic E-state index is 13.8. The Morgan fingerprint density at radius 1 is 1.14 bits per heavy atom. The normalized spacial score (nSPS) is 11.4. The monoisotopic (exact) mass is 328 g/mol. The number of benzene rings is 2. The molecule has 0 heterocycles. The molecule has 2 aromatic carbocycles. The molecule has 0 atom stereocenters. The van der Waals surface area contributed by atoms with E-state index in [9.17, 15) is 12.8 Å². The minimum atomic E-state index is -4.01. The van der Waals surface area contributed by atoms with Gasteiger partial charge in [-0.2, -0.15) is 0 Å². The Hall–Kier alpha value is -1.79. The van der Waals surface area contributed by atoms with Crippen LogP contribution in [0.15, 0.2) is 35.2 Å². The molecular weight excluding hydrogens is 315 g/mol. The fourth-order valence-corrected chi connectivity index (χ4v) is 3.61. The minimum absolute atomic E-state index is 0.0538. The lowest BCUT2D eigenvalue weighted by Gasteiger charge is -2.14. The van der Waals surface area contributed by atoms with Crippen LogP contribution in [0.2, 0.25) is 5.02 Å². The van der Waals surface area contributed by atoms with Crippen LogP contribution in [0.5, 0.6) is 0 Å². The van der Waals surface area contributed by atoms with Gasteiger partial charge < -0.3 is 5.73 Å². The van der Waals surface area contributed by atoms with E-state index in [0.29, 0.717) is 11.1 Å². The van der Waals surface area contributed by atoms with E-state index >= 15 is 0 Å². The molecule has 0 amide bonds. The van der Waals surface area contributed by atoms with Crippen molar-refractivity contribution >= 4 is 33.0 Å². The molecule has 2 rings (SSSR count). The topological polar surface area (TPSA) is 72.2 Å². The SMILES string of the molecule is Cc1ccc(C)c(S(=O)(=O)Nc2cccc(Cl)c2F)c1N. The molecule has 0 saturated heterocycles. The fourth-order valence-electron chi connectivity index (χ4n) is 1.94. The first-order valence-corrected chi connectivity index (χ1v) is 7.92. The Morgan fingerprint density at radius 2 is 1.76 bits per heavy atom. The number of rotatable bonds is 3. The van der Waals surface area contributed by atoms with Crippen molar-refractivity contribution in [3.8, 4) is 0 Å². The van der Waals surface area contributed by atoms with Gasteiger partial charge in [0.25, 0.3) is 10.0 Å². The summed E-state index contributed by atoms with van der Waals surface area (Å²) in [4.78, 5) is -0.0538. The van der Waals surface area contributed by atoms with Crippen LogP contribution in [0.1, 0.15) is 11.1 Å². The summed E-state index contributed by atoms with van der Waals surface area (Å²) in [7, 11) is -4.01. The van der Waals surface area contributed by atoms with Gasteiger partial charge in [0, 0.05) is 0 Å². The van der Waals surface area contributed by atoms with Crippen LogP contribution in [0, 0.1) is 19.7 Å². The first kappa shape index (κ1) is 15.6. The van der Waals surface area contributed by atoms with Crippen molar-refractivity contribution < 1.29 is 12.8 Å². The van der Waals surface area contributed by atoms with Gasteiger partial charge in [-0.3, -0.25) is 4.72 Å². The molecule has 0 unspecified atom stereocenters. The maximum absolute atomic E-state index is 13.8. The van der Waals surface area contributed by atoms with Crippen molar-refractivity contribution in [2.24, 2.45) is 0 Å². The summed E-state index contributed by atoms with van der Waals surface area (Å²) in [5.74, 6) is -0.827. The summed E-state index contributed by atoms with van der Waals surface area (Å²) in [5, 5.41) is -0.163. The average molecular weight is 329 g/mol. The largest absolute Gasteiger partial charge is 0.397 e. The van der Waals surface area contributed by atoms with Gasteiger partial charge in [-0.05, 0) is 37.1 Å². The Balaban J connectivity index is 2.54. The van der Waals surface area contributed by atoms with Crippen molar-refractivity contribution in [1.82, 2.24) is 0 Å². The second kappa shape index (κ2) is 5.54. The van der Waals surface area contributed by atoms with Crippen LogP contribution in [-0.4, -0.2) is 8.42 Å². The van der Waals surface area contributed by atoms with Crippen molar-refractivity contribution in [3.05, 3.63) is 52.3 Å². The number of anilines is 2. The predicted molar refractivity (Wildman–Crippen MR) is 82.5 cm³/mol. The summed E-state index contributed by atoms with van der Waals surface area (Å²) in [6, 6.07) is 7.45. The smallest absolute Gasteiger partial charge is 0.264 e. The van der Waals surface area contributed by atoms with E-state index in [4.69, 9.17) is 17.3 Å². The molecule has 7 heteroatoms. The Labute approximate surface area is 127 Å². The summed E-state index contributed by atoms with van der Waals surface area (Å²) < 4.78 is 40.9. The molecular formula is C14H14ClFN2O2S. The van der Waals surface area contributed by atoms with E-state index in [0.717, 1.165) is 0 Å². The number of hydrogen-bond acceptors (Lipinski definition) is 3. The summed E-state index contributed by atoms with van der Waals surface area (Å²) in [6.45, 7) is 3.33. The molecule has 0 aliphatic rings. The predicted octanol–water partition coefficient (Wildman–Crippen LogP) is 3.48. The highest BCUT2D eigenvalue weighted by atomic mass is 35.5. The molecule has 0 bridgehead atoms. The van der Waals surface area contributed by atoms with Gasteiger partial charge in [-0.1, -0.05) is 29.8 Å². The number of nitrogen functional groups attached to an aromatic ring is 1. The van der Waals surface area contributed by atoms with Gasteiger partial charge in [-0.25, -0.2) is 12.8 Å². The zero-order valence-electron chi connectivity index (χ0n) is 11.4. The number of sulfonamides is 1. The number of nitrogens with two attached hydrogens (primary N) is 1. The number of hydrogen-bond donors (Lipinski definition) is 2. The van der Waals surface area contributed by atoms with Crippen molar-refractivity contribution in [2.75, 3.05) is 10.5 Å². The van der Waals surface area contributed by atoms with Crippen LogP contribution in [0.3, 0.4) is 0 Å². The highest BCUT2D eigenvalue weighted by Gasteiger charge is 2.23. The second-order valence-corrected chi connectivity index (χ2v) is 6.68. The van der Waals surface area contributed by atoms with E-state index in [1.807, 2.05) is 0 Å². The number of halogens is 2. The quantitative estimate of drug-likeness (QED) is 0.847. The van der Waals surface area contributed by atoms with E-state index in [-0.39, 0.29) is 21.3 Å². The Morgan fingerprint density at radius 3 is 2.43 bits per heavy atom. The molecule has 21 heavy (non-hydrogen) atoms. The molecule has 0 aliphatic heterocycles. The van der Waals surface area contributed by atoms with Crippen LogP contribution in [-0.2, 0) is 10.0 Å². The van der Waals surface area contributed by atoms with Crippen LogP contribution in [0.25, 0.3) is 0 Å². The van der Waals surface area contributed by atoms with Gasteiger partial charge in [0.15, 0.2) is 5.82 Å².